The van der Waals surface area contributed by atoms with E-state index in [1.54, 1.807) is 0 Å². The van der Waals surface area contributed by atoms with Gasteiger partial charge in [-0.15, -0.1) is 0 Å². The van der Waals surface area contributed by atoms with E-state index in [0.717, 1.165) is 34.2 Å². The van der Waals surface area contributed by atoms with Crippen LogP contribution in [-0.4, -0.2) is 38.3 Å². The maximum atomic E-state index is 13.1. The summed E-state index contributed by atoms with van der Waals surface area (Å²) in [5.74, 6) is 1.62. The summed E-state index contributed by atoms with van der Waals surface area (Å²) in [7, 11) is -2.44. The van der Waals surface area contributed by atoms with E-state index in [2.05, 4.69) is 12.2 Å². The topological polar surface area (TPSA) is 66.5 Å². The summed E-state index contributed by atoms with van der Waals surface area (Å²) in [6, 6.07) is 4.70. The highest BCUT2D eigenvalue weighted by Crippen LogP contribution is 2.61. The Bertz CT molecular complexity index is 818. The smallest absolute Gasteiger partial charge is 0.243 e. The molecule has 1 amide bonds. The fraction of sp³-hybridized carbons (Fsp3) is 0.667. The van der Waals surface area contributed by atoms with Gasteiger partial charge in [-0.05, 0) is 92.9 Å². The molecule has 4 saturated carbocycles. The van der Waals surface area contributed by atoms with Crippen LogP contribution in [0.15, 0.2) is 29.2 Å². The minimum atomic E-state index is -3.83. The average molecular weight is 409 g/mol. The van der Waals surface area contributed by atoms with Gasteiger partial charge in [0.2, 0.25) is 15.9 Å². The standard InChI is InChI=1S/C21H29FN2O3S/c1-14(21-10-15-7-16(11-21)9-17(8-15)12-21)23-20(25)13-24(2)28(26,27)19-5-3-18(22)4-6-19/h3-6,14-17H,7-13H2,1-2H3,(H,23,25). The molecule has 5 nitrogen and oxygen atoms in total. The molecule has 0 aromatic heterocycles. The van der Waals surface area contributed by atoms with Gasteiger partial charge in [0.15, 0.2) is 0 Å². The van der Waals surface area contributed by atoms with Gasteiger partial charge in [0.25, 0.3) is 0 Å². The third kappa shape index (κ3) is 3.59. The third-order valence-corrected chi connectivity index (χ3v) is 9.09. The van der Waals surface area contributed by atoms with Crippen LogP contribution >= 0.6 is 0 Å². The monoisotopic (exact) mass is 408 g/mol. The molecule has 0 aliphatic heterocycles. The largest absolute Gasteiger partial charge is 0.352 e. The van der Waals surface area contributed by atoms with Crippen LogP contribution in [0.2, 0.25) is 0 Å². The lowest BCUT2D eigenvalue weighted by molar-refractivity contribution is -0.125. The van der Waals surface area contributed by atoms with E-state index in [0.29, 0.717) is 0 Å². The van der Waals surface area contributed by atoms with Crippen LogP contribution in [0.3, 0.4) is 0 Å². The zero-order valence-electron chi connectivity index (χ0n) is 16.5. The summed E-state index contributed by atoms with van der Waals surface area (Å²) in [5, 5.41) is 3.10. The number of nitrogens with zero attached hydrogens (tertiary/aromatic N) is 1. The van der Waals surface area contributed by atoms with Gasteiger partial charge in [0, 0.05) is 13.1 Å². The van der Waals surface area contributed by atoms with Crippen molar-refractivity contribution in [3.8, 4) is 0 Å². The number of hydrogen-bond acceptors (Lipinski definition) is 3. The van der Waals surface area contributed by atoms with Crippen molar-refractivity contribution in [1.29, 1.82) is 0 Å². The molecule has 0 heterocycles. The lowest BCUT2D eigenvalue weighted by atomic mass is 9.48. The quantitative estimate of drug-likeness (QED) is 0.786. The Morgan fingerprint density at radius 2 is 1.64 bits per heavy atom. The zero-order valence-corrected chi connectivity index (χ0v) is 17.3. The van der Waals surface area contributed by atoms with Gasteiger partial charge >= 0.3 is 0 Å². The maximum absolute atomic E-state index is 13.1. The van der Waals surface area contributed by atoms with E-state index in [1.807, 2.05) is 0 Å². The van der Waals surface area contributed by atoms with Crippen molar-refractivity contribution in [2.24, 2.45) is 23.2 Å². The molecular formula is C21H29FN2O3S. The van der Waals surface area contributed by atoms with Gasteiger partial charge in [0.1, 0.15) is 5.82 Å². The summed E-state index contributed by atoms with van der Waals surface area (Å²) in [4.78, 5) is 12.6. The fourth-order valence-electron chi connectivity index (χ4n) is 6.22. The Balaban J connectivity index is 1.39. The summed E-state index contributed by atoms with van der Waals surface area (Å²) in [6.07, 6.45) is 7.59. The Morgan fingerprint density at radius 3 is 2.14 bits per heavy atom. The molecule has 1 N–H and O–H groups in total. The van der Waals surface area contributed by atoms with E-state index >= 15 is 0 Å². The SMILES string of the molecule is CC(NC(=O)CN(C)S(=O)(=O)c1ccc(F)cc1)C12CC3CC(CC(C3)C1)C2. The molecule has 0 radical (unpaired) electrons. The number of benzene rings is 1. The van der Waals surface area contributed by atoms with Crippen molar-refractivity contribution >= 4 is 15.9 Å². The summed E-state index contributed by atoms with van der Waals surface area (Å²) < 4.78 is 39.3. The first-order valence-corrected chi connectivity index (χ1v) is 11.6. The van der Waals surface area contributed by atoms with Gasteiger partial charge in [-0.2, -0.15) is 4.31 Å². The van der Waals surface area contributed by atoms with Gasteiger partial charge in [-0.1, -0.05) is 0 Å². The Hall–Kier alpha value is -1.47. The van der Waals surface area contributed by atoms with Crippen molar-refractivity contribution in [2.75, 3.05) is 13.6 Å². The lowest BCUT2D eigenvalue weighted by Gasteiger charge is -2.59. The molecule has 0 spiro atoms. The summed E-state index contributed by atoms with van der Waals surface area (Å²) in [5.41, 5.74) is 0.179. The summed E-state index contributed by atoms with van der Waals surface area (Å²) in [6.45, 7) is 1.84. The molecule has 4 fully saturated rings. The molecule has 1 unspecified atom stereocenters. The minimum Gasteiger partial charge on any atom is -0.352 e. The molecule has 154 valence electrons. The van der Waals surface area contributed by atoms with Crippen LogP contribution in [-0.2, 0) is 14.8 Å². The molecule has 4 aliphatic rings. The van der Waals surface area contributed by atoms with E-state index in [1.165, 1.54) is 57.7 Å². The van der Waals surface area contributed by atoms with Crippen molar-refractivity contribution < 1.29 is 17.6 Å². The number of nitrogens with one attached hydrogen (secondary N) is 1. The number of carbonyl (C=O) groups excluding carboxylic acids is 1. The first-order valence-electron chi connectivity index (χ1n) is 10.2. The minimum absolute atomic E-state index is 0.0154. The Kier molecular flexibility index (Phi) is 5.02. The zero-order chi connectivity index (χ0) is 20.1. The highest BCUT2D eigenvalue weighted by Gasteiger charge is 2.53. The van der Waals surface area contributed by atoms with Crippen LogP contribution in [0.1, 0.15) is 45.4 Å². The number of sulfonamides is 1. The molecule has 7 heteroatoms. The van der Waals surface area contributed by atoms with Crippen LogP contribution in [0, 0.1) is 29.0 Å². The van der Waals surface area contributed by atoms with Crippen molar-refractivity contribution in [3.63, 3.8) is 0 Å². The van der Waals surface area contributed by atoms with Crippen LogP contribution in [0.25, 0.3) is 0 Å². The molecule has 1 aromatic rings. The number of halogens is 1. The van der Waals surface area contributed by atoms with E-state index in [4.69, 9.17) is 0 Å². The fourth-order valence-corrected chi connectivity index (χ4v) is 7.35. The molecule has 1 atom stereocenters. The maximum Gasteiger partial charge on any atom is 0.243 e. The molecular weight excluding hydrogens is 379 g/mol. The summed E-state index contributed by atoms with van der Waals surface area (Å²) >= 11 is 0. The second-order valence-corrected chi connectivity index (χ2v) is 11.3. The number of rotatable bonds is 6. The molecule has 0 saturated heterocycles. The van der Waals surface area contributed by atoms with E-state index < -0.39 is 15.8 Å². The predicted molar refractivity (Wildman–Crippen MR) is 104 cm³/mol. The van der Waals surface area contributed by atoms with Crippen LogP contribution in [0.5, 0.6) is 0 Å². The first kappa shape index (κ1) is 19.8. The lowest BCUT2D eigenvalue weighted by Crippen LogP contribution is -2.56. The second-order valence-electron chi connectivity index (χ2n) is 9.28. The third-order valence-electron chi connectivity index (χ3n) is 7.27. The van der Waals surface area contributed by atoms with Crippen LogP contribution in [0.4, 0.5) is 4.39 Å². The van der Waals surface area contributed by atoms with Crippen molar-refractivity contribution in [3.05, 3.63) is 30.1 Å². The molecule has 4 bridgehead atoms. The molecule has 28 heavy (non-hydrogen) atoms. The van der Waals surface area contributed by atoms with Crippen molar-refractivity contribution in [2.45, 2.75) is 56.4 Å². The normalized spacial score (nSPS) is 32.5. The average Bonchev–Trinajstić information content (AvgIpc) is 2.60. The molecule has 4 aliphatic carbocycles. The molecule has 5 rings (SSSR count). The highest BCUT2D eigenvalue weighted by atomic mass is 32.2. The van der Waals surface area contributed by atoms with Crippen LogP contribution < -0.4 is 5.32 Å². The van der Waals surface area contributed by atoms with Gasteiger partial charge in [-0.3, -0.25) is 4.79 Å². The van der Waals surface area contributed by atoms with Crippen molar-refractivity contribution in [1.82, 2.24) is 9.62 Å². The second kappa shape index (κ2) is 7.10. The predicted octanol–water partition coefficient (Wildman–Crippen LogP) is 3.17. The number of hydrogen-bond donors (Lipinski definition) is 1. The van der Waals surface area contributed by atoms with E-state index in [-0.39, 0.29) is 28.8 Å². The number of carbonyl (C=O) groups is 1. The number of amides is 1. The Labute approximate surface area is 166 Å². The molecule has 1 aromatic carbocycles. The van der Waals surface area contributed by atoms with Gasteiger partial charge in [-0.25, -0.2) is 12.8 Å². The van der Waals surface area contributed by atoms with Gasteiger partial charge in [0.05, 0.1) is 11.4 Å². The Morgan fingerprint density at radius 1 is 1.14 bits per heavy atom. The highest BCUT2D eigenvalue weighted by molar-refractivity contribution is 7.89. The number of likely N-dealkylation sites (N-methyl/N-ethyl adjacent to an activating group) is 1. The van der Waals surface area contributed by atoms with Gasteiger partial charge < -0.3 is 5.32 Å². The first-order chi connectivity index (χ1) is 13.2. The van der Waals surface area contributed by atoms with E-state index in [9.17, 15) is 17.6 Å².